The second-order valence-corrected chi connectivity index (χ2v) is 16.8. The molecule has 6 nitrogen and oxygen atoms in total. The molecule has 39 heavy (non-hydrogen) atoms. The van der Waals surface area contributed by atoms with Crippen molar-refractivity contribution in [1.82, 2.24) is 5.32 Å². The topological polar surface area (TPSA) is 101 Å². The smallest absolute Gasteiger partial charge is 0.225 e. The van der Waals surface area contributed by atoms with Crippen LogP contribution >= 0.6 is 0 Å². The van der Waals surface area contributed by atoms with Gasteiger partial charge in [-0.05, 0) is 91.3 Å². The first-order chi connectivity index (χ1) is 17.9. The van der Waals surface area contributed by atoms with Crippen molar-refractivity contribution in [2.45, 2.75) is 86.5 Å². The Kier molecular flexibility index (Phi) is 6.31. The van der Waals surface area contributed by atoms with Gasteiger partial charge in [0.2, 0.25) is 11.7 Å². The van der Waals surface area contributed by atoms with Gasteiger partial charge in [0.25, 0.3) is 0 Å². The minimum absolute atomic E-state index is 0.0258. The van der Waals surface area contributed by atoms with E-state index in [0.717, 1.165) is 56.1 Å². The number of carbonyl (C=O) groups excluding carboxylic acids is 2. The highest BCUT2D eigenvalue weighted by Gasteiger charge is 2.67. The van der Waals surface area contributed by atoms with Crippen molar-refractivity contribution in [3.63, 3.8) is 0 Å². The van der Waals surface area contributed by atoms with Gasteiger partial charge in [-0.3, -0.25) is 9.59 Å². The lowest BCUT2D eigenvalue weighted by atomic mass is 9.34. The van der Waals surface area contributed by atoms with Crippen LogP contribution in [0.1, 0.15) is 86.5 Å². The molecule has 0 aromatic rings. The molecule has 0 bridgehead atoms. The van der Waals surface area contributed by atoms with E-state index in [0.29, 0.717) is 11.5 Å². The van der Waals surface area contributed by atoms with Crippen molar-refractivity contribution < 1.29 is 23.1 Å². The fraction of sp³-hybridized carbons (Fsp3) is 0.688. The number of hydrogen-bond acceptors (Lipinski definition) is 5. The summed E-state index contributed by atoms with van der Waals surface area (Å²) in [7, 11) is -3.14. The van der Waals surface area contributed by atoms with Crippen LogP contribution in [0.2, 0.25) is 0 Å². The highest BCUT2D eigenvalue weighted by atomic mass is 32.2. The van der Waals surface area contributed by atoms with Gasteiger partial charge in [-0.1, -0.05) is 52.3 Å². The Morgan fingerprint density at radius 3 is 2.36 bits per heavy atom. The molecule has 2 N–H and O–H groups in total. The van der Waals surface area contributed by atoms with Crippen LogP contribution in [0.5, 0.6) is 0 Å². The number of sulfone groups is 1. The summed E-state index contributed by atoms with van der Waals surface area (Å²) in [5.41, 5.74) is 3.27. The summed E-state index contributed by atoms with van der Waals surface area (Å²) in [4.78, 5) is 26.2. The monoisotopic (exact) mass is 555 g/mol. The minimum atomic E-state index is -3.14. The Balaban J connectivity index is 1.51. The van der Waals surface area contributed by atoms with Crippen LogP contribution in [0, 0.1) is 33.0 Å². The lowest BCUT2D eigenvalue weighted by molar-refractivity contribution is -0.169. The molecule has 3 saturated carbocycles. The third-order valence-corrected chi connectivity index (χ3v) is 13.1. The maximum atomic E-state index is 13.5. The van der Waals surface area contributed by atoms with Gasteiger partial charge < -0.3 is 10.4 Å². The molecule has 0 aliphatic heterocycles. The first-order valence-electron chi connectivity index (χ1n) is 14.5. The molecule has 5 rings (SSSR count). The summed E-state index contributed by atoms with van der Waals surface area (Å²) in [6.07, 6.45) is 13.9. The van der Waals surface area contributed by atoms with Gasteiger partial charge in [0.05, 0.1) is 5.75 Å². The third kappa shape index (κ3) is 4.04. The second-order valence-electron chi connectivity index (χ2n) is 14.5. The van der Waals surface area contributed by atoms with Crippen molar-refractivity contribution >= 4 is 21.5 Å². The number of nitrogens with one attached hydrogen (secondary N) is 1. The zero-order valence-corrected chi connectivity index (χ0v) is 25.5. The maximum Gasteiger partial charge on any atom is 0.225 e. The third-order valence-electron chi connectivity index (χ3n) is 12.2. The van der Waals surface area contributed by atoms with Crippen LogP contribution < -0.4 is 5.32 Å². The van der Waals surface area contributed by atoms with E-state index in [1.54, 1.807) is 6.08 Å². The van der Waals surface area contributed by atoms with Gasteiger partial charge in [0.15, 0.2) is 5.76 Å². The fourth-order valence-corrected chi connectivity index (χ4v) is 9.70. The Bertz CT molecular complexity index is 1380. The highest BCUT2D eigenvalue weighted by molar-refractivity contribution is 7.90. The van der Waals surface area contributed by atoms with Crippen LogP contribution in [0.3, 0.4) is 0 Å². The van der Waals surface area contributed by atoms with E-state index < -0.39 is 15.3 Å². The Morgan fingerprint density at radius 2 is 1.69 bits per heavy atom. The molecule has 0 unspecified atom stereocenters. The summed E-state index contributed by atoms with van der Waals surface area (Å²) in [5, 5.41) is 13.3. The molecular formula is C32H45NO5S. The average molecular weight is 556 g/mol. The van der Waals surface area contributed by atoms with Crippen molar-refractivity contribution in [2.75, 3.05) is 18.6 Å². The van der Waals surface area contributed by atoms with E-state index in [-0.39, 0.29) is 51.4 Å². The Morgan fingerprint density at radius 1 is 1.03 bits per heavy atom. The van der Waals surface area contributed by atoms with Gasteiger partial charge in [0, 0.05) is 29.2 Å². The molecule has 0 radical (unpaired) electrons. The number of aliphatic hydroxyl groups excluding tert-OH is 1. The van der Waals surface area contributed by atoms with Crippen LogP contribution in [-0.2, 0) is 19.4 Å². The standard InChI is InChI=1S/C32H45NO5S/c1-20-21-8-9-24-30(4,22(21)18-23(34)26(20)35)13-15-32(6)25-19-29(3,27(36)33-16-17-39(7,37)38)11-10-28(25,2)12-14-31(24,32)5/h8-9,18,25,35H,10-17,19H2,1-7H3,(H,33,36)/t25-,28-,29-,30+,31-,32+/m1/s1. The first-order valence-corrected chi connectivity index (χ1v) is 16.5. The predicted octanol–water partition coefficient (Wildman–Crippen LogP) is 5.77. The minimum Gasteiger partial charge on any atom is -0.504 e. The fourth-order valence-electron chi connectivity index (χ4n) is 9.23. The first kappa shape index (κ1) is 28.4. The lowest BCUT2D eigenvalue weighted by Crippen LogP contribution is -2.62. The number of hydrogen-bond donors (Lipinski definition) is 2. The van der Waals surface area contributed by atoms with Gasteiger partial charge in [-0.25, -0.2) is 8.42 Å². The van der Waals surface area contributed by atoms with E-state index >= 15 is 0 Å². The number of carbonyl (C=O) groups is 2. The van der Waals surface area contributed by atoms with Crippen molar-refractivity contribution in [3.05, 3.63) is 46.3 Å². The highest BCUT2D eigenvalue weighted by Crippen LogP contribution is 2.75. The van der Waals surface area contributed by atoms with E-state index in [2.05, 4.69) is 52.1 Å². The maximum absolute atomic E-state index is 13.5. The van der Waals surface area contributed by atoms with Gasteiger partial charge >= 0.3 is 0 Å². The van der Waals surface area contributed by atoms with Crippen molar-refractivity contribution in [2.24, 2.45) is 33.0 Å². The molecule has 5 aliphatic rings. The van der Waals surface area contributed by atoms with Crippen molar-refractivity contribution in [3.8, 4) is 0 Å². The molecule has 0 heterocycles. The van der Waals surface area contributed by atoms with E-state index in [9.17, 15) is 23.1 Å². The van der Waals surface area contributed by atoms with Crippen LogP contribution in [0.4, 0.5) is 0 Å². The summed E-state index contributed by atoms with van der Waals surface area (Å²) < 4.78 is 23.2. The number of amides is 1. The molecular weight excluding hydrogens is 510 g/mol. The largest absolute Gasteiger partial charge is 0.504 e. The number of fused-ring (bicyclic) bond motifs is 7. The Hall–Kier alpha value is -2.15. The lowest BCUT2D eigenvalue weighted by Gasteiger charge is -2.70. The number of allylic oxidation sites excluding steroid dienone is 7. The zero-order chi connectivity index (χ0) is 28.8. The molecule has 0 aromatic heterocycles. The number of ketones is 1. The molecule has 5 aliphatic carbocycles. The molecule has 0 spiro atoms. The molecule has 0 saturated heterocycles. The average Bonchev–Trinajstić information content (AvgIpc) is 2.85. The predicted molar refractivity (Wildman–Crippen MR) is 154 cm³/mol. The summed E-state index contributed by atoms with van der Waals surface area (Å²) in [6, 6.07) is 0. The van der Waals surface area contributed by atoms with Crippen LogP contribution in [-0.4, -0.2) is 43.8 Å². The van der Waals surface area contributed by atoms with E-state index in [1.807, 2.05) is 6.92 Å². The molecule has 0 aromatic carbocycles. The second kappa shape index (κ2) is 8.67. The van der Waals surface area contributed by atoms with Gasteiger partial charge in [0.1, 0.15) is 9.84 Å². The number of aliphatic hydroxyl groups is 1. The van der Waals surface area contributed by atoms with Crippen molar-refractivity contribution in [1.29, 1.82) is 0 Å². The SMILES string of the molecule is CC1=C(O)C(=O)C=C2C1=CC=C1[C@@]2(C)CC[C@@]2(C)[C@@H]3C[C@](C)(C(=O)NCCS(C)(=O)=O)CC[C@]3(C)CC[C@]12C. The Labute approximate surface area is 234 Å². The van der Waals surface area contributed by atoms with Crippen LogP contribution in [0.15, 0.2) is 46.3 Å². The summed E-state index contributed by atoms with van der Waals surface area (Å²) >= 11 is 0. The molecule has 3 fully saturated rings. The van der Waals surface area contributed by atoms with Gasteiger partial charge in [-0.15, -0.1) is 0 Å². The van der Waals surface area contributed by atoms with Gasteiger partial charge in [-0.2, -0.15) is 0 Å². The summed E-state index contributed by atoms with van der Waals surface area (Å²) in [6.45, 7) is 13.6. The van der Waals surface area contributed by atoms with E-state index in [4.69, 9.17) is 0 Å². The quantitative estimate of drug-likeness (QED) is 0.458. The molecule has 6 atom stereocenters. The zero-order valence-electron chi connectivity index (χ0n) is 24.7. The number of rotatable bonds is 4. The summed E-state index contributed by atoms with van der Waals surface area (Å²) in [5.74, 6) is -0.184. The normalized spacial score (nSPS) is 41.8. The molecule has 214 valence electrons. The molecule has 1 amide bonds. The van der Waals surface area contributed by atoms with E-state index in [1.165, 1.54) is 11.8 Å². The molecule has 7 heteroatoms. The van der Waals surface area contributed by atoms with Crippen LogP contribution in [0.25, 0.3) is 0 Å².